The first kappa shape index (κ1) is 17.3. The summed E-state index contributed by atoms with van der Waals surface area (Å²) in [5, 5.41) is 11.6. The van der Waals surface area contributed by atoms with E-state index in [1.807, 2.05) is 0 Å². The van der Waals surface area contributed by atoms with Gasteiger partial charge in [-0.3, -0.25) is 5.10 Å². The van der Waals surface area contributed by atoms with Gasteiger partial charge in [0.05, 0.1) is 11.2 Å². The molecule has 0 radical (unpaired) electrons. The summed E-state index contributed by atoms with van der Waals surface area (Å²) in [4.78, 5) is 0. The molecule has 3 rings (SSSR count). The molecule has 0 amide bonds. The number of benzene rings is 1. The third-order valence-electron chi connectivity index (χ3n) is 4.52. The van der Waals surface area contributed by atoms with Gasteiger partial charge in [-0.2, -0.15) is 14.9 Å². The minimum Gasteiger partial charge on any atom is -0.250 e. The fraction of sp³-hybridized carbons (Fsp3) is 0.471. The van der Waals surface area contributed by atoms with Crippen molar-refractivity contribution in [2.24, 2.45) is 11.0 Å². The first-order valence-corrected chi connectivity index (χ1v) is 9.08. The summed E-state index contributed by atoms with van der Waals surface area (Å²) in [5.74, 6) is 1.11. The quantitative estimate of drug-likeness (QED) is 0.589. The fourth-order valence-corrected chi connectivity index (χ4v) is 3.57. The van der Waals surface area contributed by atoms with Crippen molar-refractivity contribution in [3.63, 3.8) is 0 Å². The maximum atomic E-state index is 13.8. The van der Waals surface area contributed by atoms with Gasteiger partial charge >= 0.3 is 0 Å². The molecule has 0 aliphatic heterocycles. The molecule has 7 heteroatoms. The molecule has 128 valence electrons. The van der Waals surface area contributed by atoms with Gasteiger partial charge in [-0.25, -0.2) is 4.39 Å². The third kappa shape index (κ3) is 4.11. The van der Waals surface area contributed by atoms with Crippen LogP contribution in [0.1, 0.15) is 49.9 Å². The van der Waals surface area contributed by atoms with Crippen molar-refractivity contribution in [3.05, 3.63) is 45.2 Å². The number of aromatic amines is 1. The second kappa shape index (κ2) is 8.03. The Bertz CT molecular complexity index is 757. The summed E-state index contributed by atoms with van der Waals surface area (Å²) in [5.41, 5.74) is 0.250. The number of aromatic nitrogens is 3. The number of hydrogen-bond donors (Lipinski definition) is 1. The molecule has 1 saturated carbocycles. The zero-order chi connectivity index (χ0) is 16.9. The van der Waals surface area contributed by atoms with Crippen LogP contribution in [-0.2, 0) is 6.42 Å². The lowest BCUT2D eigenvalue weighted by molar-refractivity contribution is 0.336. The lowest BCUT2D eigenvalue weighted by Gasteiger charge is -2.20. The molecule has 0 bridgehead atoms. The Morgan fingerprint density at radius 2 is 2.17 bits per heavy atom. The van der Waals surface area contributed by atoms with E-state index in [4.69, 9.17) is 23.8 Å². The summed E-state index contributed by atoms with van der Waals surface area (Å²) in [6.45, 7) is 0. The van der Waals surface area contributed by atoms with E-state index in [1.165, 1.54) is 44.4 Å². The van der Waals surface area contributed by atoms with Gasteiger partial charge < -0.3 is 0 Å². The summed E-state index contributed by atoms with van der Waals surface area (Å²) in [6, 6.07) is 4.55. The number of halogens is 2. The number of hydrogen-bond acceptors (Lipinski definition) is 3. The van der Waals surface area contributed by atoms with Crippen molar-refractivity contribution in [1.82, 2.24) is 14.9 Å². The highest BCUT2D eigenvalue weighted by atomic mass is 35.5. The molecule has 1 fully saturated rings. The summed E-state index contributed by atoms with van der Waals surface area (Å²) in [6.07, 6.45) is 9.85. The topological polar surface area (TPSA) is 46.0 Å². The molecule has 4 nitrogen and oxygen atoms in total. The fourth-order valence-electron chi connectivity index (χ4n) is 3.16. The highest BCUT2D eigenvalue weighted by Crippen LogP contribution is 2.27. The van der Waals surface area contributed by atoms with E-state index in [2.05, 4.69) is 15.3 Å². The molecule has 2 aromatic rings. The predicted molar refractivity (Wildman–Crippen MR) is 96.7 cm³/mol. The number of aryl methyl sites for hydroxylation is 1. The first-order valence-electron chi connectivity index (χ1n) is 8.30. The maximum absolute atomic E-state index is 13.8. The largest absolute Gasteiger partial charge is 0.250 e. The zero-order valence-corrected chi connectivity index (χ0v) is 14.9. The van der Waals surface area contributed by atoms with Crippen molar-refractivity contribution < 1.29 is 4.39 Å². The summed E-state index contributed by atoms with van der Waals surface area (Å²) < 4.78 is 15.8. The van der Waals surface area contributed by atoms with Crippen LogP contribution in [-0.4, -0.2) is 21.1 Å². The van der Waals surface area contributed by atoms with Gasteiger partial charge in [0.1, 0.15) is 5.82 Å². The van der Waals surface area contributed by atoms with E-state index in [9.17, 15) is 4.39 Å². The molecule has 1 aliphatic rings. The summed E-state index contributed by atoms with van der Waals surface area (Å²) in [7, 11) is 0. The SMILES string of the molecule is Fc1cccc(Cl)c1/C=N\n1c(CCC2CCCCC2)n[nH]c1=S. The molecule has 0 unspecified atom stereocenters. The molecule has 1 heterocycles. The van der Waals surface area contributed by atoms with Crippen LogP contribution in [0.5, 0.6) is 0 Å². The Hall–Kier alpha value is -1.53. The lowest BCUT2D eigenvalue weighted by atomic mass is 9.86. The van der Waals surface area contributed by atoms with Gasteiger partial charge in [-0.05, 0) is 36.7 Å². The number of H-pyrrole nitrogens is 1. The number of rotatable bonds is 5. The van der Waals surface area contributed by atoms with E-state index >= 15 is 0 Å². The van der Waals surface area contributed by atoms with Crippen LogP contribution in [0.2, 0.25) is 5.02 Å². The Kier molecular flexibility index (Phi) is 5.79. The van der Waals surface area contributed by atoms with Gasteiger partial charge in [-0.15, -0.1) is 0 Å². The molecule has 0 spiro atoms. The third-order valence-corrected chi connectivity index (χ3v) is 5.11. The van der Waals surface area contributed by atoms with E-state index < -0.39 is 5.82 Å². The molecule has 1 aromatic heterocycles. The highest BCUT2D eigenvalue weighted by molar-refractivity contribution is 7.71. The van der Waals surface area contributed by atoms with Gasteiger partial charge in [0.15, 0.2) is 5.82 Å². The molecular weight excluding hydrogens is 347 g/mol. The van der Waals surface area contributed by atoms with Crippen LogP contribution in [0.15, 0.2) is 23.3 Å². The highest BCUT2D eigenvalue weighted by Gasteiger charge is 2.15. The number of nitrogens with one attached hydrogen (secondary N) is 1. The molecule has 0 saturated heterocycles. The average molecular weight is 367 g/mol. The zero-order valence-electron chi connectivity index (χ0n) is 13.3. The molecular formula is C17H20ClFN4S. The van der Waals surface area contributed by atoms with E-state index in [0.29, 0.717) is 9.79 Å². The van der Waals surface area contributed by atoms with Crippen molar-refractivity contribution >= 4 is 30.0 Å². The van der Waals surface area contributed by atoms with Gasteiger partial charge in [-0.1, -0.05) is 49.8 Å². The van der Waals surface area contributed by atoms with Crippen LogP contribution < -0.4 is 0 Å². The molecule has 24 heavy (non-hydrogen) atoms. The predicted octanol–water partition coefficient (Wildman–Crippen LogP) is 5.13. The standard InChI is InChI=1S/C17H20ClFN4S/c18-14-7-4-8-15(19)13(14)11-20-23-16(21-22-17(23)24)10-9-12-5-2-1-3-6-12/h4,7-8,11-12H,1-3,5-6,9-10H2,(H,22,24)/b20-11-. The van der Waals surface area contributed by atoms with Crippen LogP contribution in [0.3, 0.4) is 0 Å². The average Bonchev–Trinajstić information content (AvgIpc) is 2.94. The lowest BCUT2D eigenvalue weighted by Crippen LogP contribution is -2.09. The Labute approximate surface area is 150 Å². The normalized spacial score (nSPS) is 16.1. The van der Waals surface area contributed by atoms with Gasteiger partial charge in [0.25, 0.3) is 0 Å². The van der Waals surface area contributed by atoms with Crippen LogP contribution in [0.4, 0.5) is 4.39 Å². The van der Waals surface area contributed by atoms with Crippen molar-refractivity contribution in [2.45, 2.75) is 44.9 Å². The van der Waals surface area contributed by atoms with E-state index in [1.54, 1.807) is 16.8 Å². The van der Waals surface area contributed by atoms with Crippen LogP contribution in [0, 0.1) is 16.5 Å². The molecule has 1 aliphatic carbocycles. The molecule has 1 N–H and O–H groups in total. The minimum atomic E-state index is -0.412. The second-order valence-electron chi connectivity index (χ2n) is 6.18. The van der Waals surface area contributed by atoms with Crippen molar-refractivity contribution in [1.29, 1.82) is 0 Å². The molecule has 1 aromatic carbocycles. The monoisotopic (exact) mass is 366 g/mol. The Balaban J connectivity index is 1.75. The van der Waals surface area contributed by atoms with E-state index in [0.717, 1.165) is 24.6 Å². The Morgan fingerprint density at radius 1 is 1.38 bits per heavy atom. The minimum absolute atomic E-state index is 0.250. The maximum Gasteiger partial charge on any atom is 0.216 e. The van der Waals surface area contributed by atoms with E-state index in [-0.39, 0.29) is 5.56 Å². The number of nitrogens with zero attached hydrogens (tertiary/aromatic N) is 3. The Morgan fingerprint density at radius 3 is 2.92 bits per heavy atom. The van der Waals surface area contributed by atoms with Crippen LogP contribution >= 0.6 is 23.8 Å². The smallest absolute Gasteiger partial charge is 0.216 e. The van der Waals surface area contributed by atoms with Crippen molar-refractivity contribution in [3.8, 4) is 0 Å². The molecule has 0 atom stereocenters. The van der Waals surface area contributed by atoms with Gasteiger partial charge in [0, 0.05) is 12.0 Å². The first-order chi connectivity index (χ1) is 11.6. The summed E-state index contributed by atoms with van der Waals surface area (Å²) >= 11 is 11.3. The van der Waals surface area contributed by atoms with Gasteiger partial charge in [0.2, 0.25) is 4.77 Å². The van der Waals surface area contributed by atoms with Crippen LogP contribution in [0.25, 0.3) is 0 Å². The van der Waals surface area contributed by atoms with Crippen molar-refractivity contribution in [2.75, 3.05) is 0 Å². The second-order valence-corrected chi connectivity index (χ2v) is 6.97.